The zero-order valence-electron chi connectivity index (χ0n) is 17.2. The molecule has 1 aliphatic heterocycles. The average Bonchev–Trinajstić information content (AvgIpc) is 3.35. The predicted octanol–water partition coefficient (Wildman–Crippen LogP) is 3.06. The second-order valence-corrected chi connectivity index (χ2v) is 7.46. The van der Waals surface area contributed by atoms with Crippen LogP contribution in [0.4, 0.5) is 10.5 Å². The number of carbonyl (C=O) groups excluding carboxylic acids is 3. The number of aromatic amines is 1. The van der Waals surface area contributed by atoms with Crippen molar-refractivity contribution in [1.82, 2.24) is 15.2 Å². The van der Waals surface area contributed by atoms with Gasteiger partial charge in [0.1, 0.15) is 11.8 Å². The molecule has 160 valence electrons. The molecule has 0 spiro atoms. The number of fused-ring (bicyclic) bond motifs is 1. The molecule has 3 aromatic rings. The van der Waals surface area contributed by atoms with E-state index in [2.05, 4.69) is 15.6 Å². The van der Waals surface area contributed by atoms with Crippen molar-refractivity contribution in [3.8, 4) is 5.75 Å². The fraction of sp³-hybridized carbons (Fsp3) is 0.261. The fourth-order valence-corrected chi connectivity index (χ4v) is 3.65. The third kappa shape index (κ3) is 4.69. The van der Waals surface area contributed by atoms with E-state index in [4.69, 9.17) is 4.74 Å². The van der Waals surface area contributed by atoms with Crippen LogP contribution in [0.3, 0.4) is 0 Å². The van der Waals surface area contributed by atoms with E-state index in [9.17, 15) is 14.4 Å². The lowest BCUT2D eigenvalue weighted by atomic mass is 10.1. The van der Waals surface area contributed by atoms with Crippen LogP contribution < -0.4 is 15.4 Å². The first kappa shape index (κ1) is 20.5. The van der Waals surface area contributed by atoms with Crippen LogP contribution in [0.5, 0.6) is 5.75 Å². The topological polar surface area (TPSA) is 104 Å². The second kappa shape index (κ2) is 8.91. The van der Waals surface area contributed by atoms with E-state index in [1.165, 1.54) is 4.90 Å². The van der Waals surface area contributed by atoms with Crippen LogP contribution in [0.25, 0.3) is 10.9 Å². The summed E-state index contributed by atoms with van der Waals surface area (Å²) in [6.45, 7) is 0.288. The fourth-order valence-electron chi connectivity index (χ4n) is 3.65. The highest BCUT2D eigenvalue weighted by atomic mass is 16.5. The Morgan fingerprint density at radius 1 is 1.13 bits per heavy atom. The van der Waals surface area contributed by atoms with E-state index in [0.717, 1.165) is 22.2 Å². The molecule has 2 heterocycles. The summed E-state index contributed by atoms with van der Waals surface area (Å²) in [4.78, 5) is 41.5. The molecule has 4 amide bonds. The first-order valence-electron chi connectivity index (χ1n) is 10.2. The summed E-state index contributed by atoms with van der Waals surface area (Å²) in [5, 5.41) is 6.53. The Hall–Kier alpha value is -3.81. The highest BCUT2D eigenvalue weighted by molar-refractivity contribution is 6.04. The van der Waals surface area contributed by atoms with Crippen molar-refractivity contribution < 1.29 is 19.1 Å². The zero-order valence-corrected chi connectivity index (χ0v) is 17.2. The molecule has 31 heavy (non-hydrogen) atoms. The summed E-state index contributed by atoms with van der Waals surface area (Å²) in [7, 11) is 1.60. The number of aromatic nitrogens is 1. The summed E-state index contributed by atoms with van der Waals surface area (Å²) in [5.74, 6) is 0.263. The second-order valence-electron chi connectivity index (χ2n) is 7.46. The Morgan fingerprint density at radius 3 is 2.71 bits per heavy atom. The minimum Gasteiger partial charge on any atom is -0.497 e. The number of anilines is 1. The van der Waals surface area contributed by atoms with Crippen molar-refractivity contribution in [2.75, 3.05) is 19.0 Å². The number of rotatable bonds is 8. The van der Waals surface area contributed by atoms with Gasteiger partial charge in [-0.25, -0.2) is 4.79 Å². The van der Waals surface area contributed by atoms with Gasteiger partial charge in [-0.2, -0.15) is 0 Å². The Morgan fingerprint density at radius 2 is 1.94 bits per heavy atom. The number of imide groups is 1. The van der Waals surface area contributed by atoms with E-state index in [0.29, 0.717) is 12.1 Å². The van der Waals surface area contributed by atoms with Gasteiger partial charge in [0, 0.05) is 35.8 Å². The first-order valence-corrected chi connectivity index (χ1v) is 10.2. The summed E-state index contributed by atoms with van der Waals surface area (Å²) in [6, 6.07) is 13.9. The van der Waals surface area contributed by atoms with Gasteiger partial charge in [0.25, 0.3) is 5.91 Å². The van der Waals surface area contributed by atoms with Crippen LogP contribution >= 0.6 is 0 Å². The molecule has 0 unspecified atom stereocenters. The molecule has 0 bridgehead atoms. The van der Waals surface area contributed by atoms with Crippen molar-refractivity contribution in [2.45, 2.75) is 25.3 Å². The first-order chi connectivity index (χ1) is 15.0. The molecule has 1 saturated heterocycles. The zero-order chi connectivity index (χ0) is 21.8. The van der Waals surface area contributed by atoms with Crippen molar-refractivity contribution >= 4 is 34.4 Å². The maximum Gasteiger partial charge on any atom is 0.324 e. The Labute approximate surface area is 179 Å². The number of nitrogens with zero attached hydrogens (tertiary/aromatic N) is 1. The number of nitrogens with one attached hydrogen (secondary N) is 3. The van der Waals surface area contributed by atoms with Gasteiger partial charge in [-0.1, -0.05) is 12.1 Å². The number of hydrogen-bond donors (Lipinski definition) is 3. The quantitative estimate of drug-likeness (QED) is 0.487. The van der Waals surface area contributed by atoms with Gasteiger partial charge >= 0.3 is 6.03 Å². The number of hydrogen-bond acceptors (Lipinski definition) is 4. The standard InChI is InChI=1S/C23H24N4O4/c1-31-18-5-2-15(3-6-18)11-13-27-22(29)20(26-23(27)30)8-9-21(28)25-17-4-7-19-16(14-17)10-12-24-19/h2-7,10,12,14,20,24H,8-9,11,13H2,1H3,(H,25,28)(H,26,30)/t20-/m0/s1. The number of urea groups is 1. The van der Waals surface area contributed by atoms with Crippen LogP contribution in [0, 0.1) is 0 Å². The van der Waals surface area contributed by atoms with E-state index in [-0.39, 0.29) is 31.2 Å². The van der Waals surface area contributed by atoms with E-state index >= 15 is 0 Å². The Kier molecular flexibility index (Phi) is 5.88. The van der Waals surface area contributed by atoms with Crippen LogP contribution in [-0.2, 0) is 16.0 Å². The molecule has 8 nitrogen and oxygen atoms in total. The highest BCUT2D eigenvalue weighted by Gasteiger charge is 2.37. The Bertz CT molecular complexity index is 1110. The molecule has 1 aromatic heterocycles. The molecular formula is C23H24N4O4. The number of H-pyrrole nitrogens is 1. The van der Waals surface area contributed by atoms with E-state index in [1.807, 2.05) is 54.7 Å². The Balaban J connectivity index is 1.27. The van der Waals surface area contributed by atoms with E-state index in [1.54, 1.807) is 7.11 Å². The third-order valence-corrected chi connectivity index (χ3v) is 5.39. The molecule has 3 N–H and O–H groups in total. The van der Waals surface area contributed by atoms with Gasteiger partial charge in [0.2, 0.25) is 5.91 Å². The number of ether oxygens (including phenoxy) is 1. The molecule has 0 aliphatic carbocycles. The van der Waals surface area contributed by atoms with Crippen molar-refractivity contribution in [2.24, 2.45) is 0 Å². The van der Waals surface area contributed by atoms with Crippen molar-refractivity contribution in [3.63, 3.8) is 0 Å². The molecule has 4 rings (SSSR count). The van der Waals surface area contributed by atoms with Crippen molar-refractivity contribution in [3.05, 3.63) is 60.3 Å². The van der Waals surface area contributed by atoms with Crippen LogP contribution in [0.1, 0.15) is 18.4 Å². The maximum atomic E-state index is 12.6. The van der Waals surface area contributed by atoms with Gasteiger partial charge in [-0.3, -0.25) is 14.5 Å². The van der Waals surface area contributed by atoms with Crippen molar-refractivity contribution in [1.29, 1.82) is 0 Å². The summed E-state index contributed by atoms with van der Waals surface area (Å²) >= 11 is 0. The van der Waals surface area contributed by atoms with Gasteiger partial charge < -0.3 is 20.4 Å². The summed E-state index contributed by atoms with van der Waals surface area (Å²) in [5.41, 5.74) is 2.69. The van der Waals surface area contributed by atoms with Crippen LogP contribution in [0.2, 0.25) is 0 Å². The smallest absolute Gasteiger partial charge is 0.324 e. The summed E-state index contributed by atoms with van der Waals surface area (Å²) in [6.07, 6.45) is 2.78. The molecule has 0 saturated carbocycles. The summed E-state index contributed by atoms with van der Waals surface area (Å²) < 4.78 is 5.13. The average molecular weight is 420 g/mol. The lowest BCUT2D eigenvalue weighted by Gasteiger charge is -2.13. The molecule has 1 fully saturated rings. The van der Waals surface area contributed by atoms with Gasteiger partial charge in [-0.05, 0) is 54.8 Å². The minimum atomic E-state index is -0.679. The molecule has 1 aliphatic rings. The van der Waals surface area contributed by atoms with Crippen LogP contribution in [0.15, 0.2) is 54.7 Å². The number of benzene rings is 2. The molecular weight excluding hydrogens is 396 g/mol. The maximum absolute atomic E-state index is 12.6. The predicted molar refractivity (Wildman–Crippen MR) is 117 cm³/mol. The lowest BCUT2D eigenvalue weighted by molar-refractivity contribution is -0.127. The monoisotopic (exact) mass is 420 g/mol. The van der Waals surface area contributed by atoms with Crippen LogP contribution in [-0.4, -0.2) is 47.4 Å². The van der Waals surface area contributed by atoms with Gasteiger partial charge in [0.15, 0.2) is 0 Å². The minimum absolute atomic E-state index is 0.133. The highest BCUT2D eigenvalue weighted by Crippen LogP contribution is 2.19. The molecule has 0 radical (unpaired) electrons. The largest absolute Gasteiger partial charge is 0.497 e. The molecule has 2 aromatic carbocycles. The number of carbonyl (C=O) groups is 3. The normalized spacial score (nSPS) is 15.9. The molecule has 1 atom stereocenters. The number of amides is 4. The third-order valence-electron chi connectivity index (χ3n) is 5.39. The SMILES string of the molecule is COc1ccc(CCN2C(=O)N[C@@H](CCC(=O)Nc3ccc4[nH]ccc4c3)C2=O)cc1. The van der Waals surface area contributed by atoms with E-state index < -0.39 is 12.1 Å². The number of methoxy groups -OCH3 is 1. The lowest BCUT2D eigenvalue weighted by Crippen LogP contribution is -2.33. The van der Waals surface area contributed by atoms with Gasteiger partial charge in [-0.15, -0.1) is 0 Å². The van der Waals surface area contributed by atoms with Gasteiger partial charge in [0.05, 0.1) is 7.11 Å². The molecule has 8 heteroatoms.